The Morgan fingerprint density at radius 1 is 1.23 bits per heavy atom. The molecule has 0 aliphatic rings. The number of nitrogens with zero attached hydrogens (tertiary/aromatic N) is 3. The number of isocyanates is 1. The molecule has 0 fully saturated rings. The molecule has 26 heavy (non-hydrogen) atoms. The van der Waals surface area contributed by atoms with Crippen LogP contribution in [0.2, 0.25) is 5.02 Å². The standard InChI is InChI=1S/C16H8ClF3N4OS/c17-11-4-9(12(23-7-25)5-10(11)16(18,19)20)8-1-2-22-13(3-8)14-6-26-15(21)24-14/h1-6H,(H2,21,24). The van der Waals surface area contributed by atoms with Crippen LogP contribution in [0.4, 0.5) is 24.0 Å². The summed E-state index contributed by atoms with van der Waals surface area (Å²) in [5.74, 6) is 0. The topological polar surface area (TPSA) is 81.2 Å². The van der Waals surface area contributed by atoms with E-state index in [2.05, 4.69) is 15.0 Å². The van der Waals surface area contributed by atoms with Gasteiger partial charge in [0.1, 0.15) is 5.69 Å². The Balaban J connectivity index is 2.17. The maximum atomic E-state index is 13.0. The molecule has 0 spiro atoms. The summed E-state index contributed by atoms with van der Waals surface area (Å²) in [4.78, 5) is 22.3. The zero-order chi connectivity index (χ0) is 18.9. The van der Waals surface area contributed by atoms with Crippen molar-refractivity contribution in [2.75, 3.05) is 5.73 Å². The van der Waals surface area contributed by atoms with Gasteiger partial charge in [0.05, 0.1) is 22.0 Å². The monoisotopic (exact) mass is 396 g/mol. The molecule has 0 radical (unpaired) electrons. The summed E-state index contributed by atoms with van der Waals surface area (Å²) in [6.07, 6.45) is -1.95. The van der Waals surface area contributed by atoms with E-state index in [4.69, 9.17) is 17.3 Å². The lowest BCUT2D eigenvalue weighted by Crippen LogP contribution is -2.06. The molecule has 10 heteroatoms. The van der Waals surface area contributed by atoms with E-state index in [1.807, 2.05) is 0 Å². The van der Waals surface area contributed by atoms with Gasteiger partial charge in [-0.15, -0.1) is 11.3 Å². The normalized spacial score (nSPS) is 11.2. The Labute approximate surface area is 154 Å². The van der Waals surface area contributed by atoms with Crippen molar-refractivity contribution in [3.63, 3.8) is 0 Å². The van der Waals surface area contributed by atoms with Crippen molar-refractivity contribution in [3.8, 4) is 22.5 Å². The van der Waals surface area contributed by atoms with Crippen molar-refractivity contribution in [2.24, 2.45) is 4.99 Å². The molecule has 0 bridgehead atoms. The van der Waals surface area contributed by atoms with E-state index in [9.17, 15) is 18.0 Å². The lowest BCUT2D eigenvalue weighted by molar-refractivity contribution is -0.137. The van der Waals surface area contributed by atoms with Gasteiger partial charge in [0.15, 0.2) is 5.13 Å². The third kappa shape index (κ3) is 3.60. The molecule has 0 atom stereocenters. The Hall–Kier alpha value is -2.74. The first-order chi connectivity index (χ1) is 12.3. The van der Waals surface area contributed by atoms with Gasteiger partial charge in [-0.2, -0.15) is 18.2 Å². The van der Waals surface area contributed by atoms with E-state index in [0.29, 0.717) is 28.1 Å². The van der Waals surface area contributed by atoms with Crippen molar-refractivity contribution in [1.82, 2.24) is 9.97 Å². The predicted molar refractivity (Wildman–Crippen MR) is 93.0 cm³/mol. The number of nitrogens with two attached hydrogens (primary N) is 1. The van der Waals surface area contributed by atoms with E-state index in [-0.39, 0.29) is 11.3 Å². The van der Waals surface area contributed by atoms with Gasteiger partial charge in [0.2, 0.25) is 6.08 Å². The molecular formula is C16H8ClF3N4OS. The minimum absolute atomic E-state index is 0.202. The van der Waals surface area contributed by atoms with Crippen LogP contribution >= 0.6 is 22.9 Å². The van der Waals surface area contributed by atoms with Crippen LogP contribution in [0.15, 0.2) is 40.8 Å². The van der Waals surface area contributed by atoms with Crippen LogP contribution in [0.25, 0.3) is 22.5 Å². The molecule has 5 nitrogen and oxygen atoms in total. The zero-order valence-corrected chi connectivity index (χ0v) is 14.3. The van der Waals surface area contributed by atoms with Gasteiger partial charge in [-0.1, -0.05) is 11.6 Å². The summed E-state index contributed by atoms with van der Waals surface area (Å²) in [6, 6.07) is 4.97. The molecule has 0 aliphatic carbocycles. The molecule has 2 heterocycles. The maximum Gasteiger partial charge on any atom is 0.417 e. The summed E-state index contributed by atoms with van der Waals surface area (Å²) >= 11 is 7.02. The molecule has 3 aromatic rings. The summed E-state index contributed by atoms with van der Waals surface area (Å²) in [7, 11) is 0. The SMILES string of the molecule is Nc1nc(-c2cc(-c3cc(Cl)c(C(F)(F)F)cc3N=C=O)ccn2)cs1. The molecule has 2 N–H and O–H groups in total. The number of anilines is 1. The number of alkyl halides is 3. The average molecular weight is 397 g/mol. The minimum Gasteiger partial charge on any atom is -0.375 e. The Morgan fingerprint density at radius 3 is 2.62 bits per heavy atom. The highest BCUT2D eigenvalue weighted by Crippen LogP contribution is 2.42. The van der Waals surface area contributed by atoms with Crippen molar-refractivity contribution in [3.05, 3.63) is 46.4 Å². The van der Waals surface area contributed by atoms with Crippen molar-refractivity contribution >= 4 is 39.8 Å². The number of aliphatic imine (C=N–C) groups is 1. The molecule has 1 aromatic carbocycles. The largest absolute Gasteiger partial charge is 0.417 e. The predicted octanol–water partition coefficient (Wildman–Crippen LogP) is 5.09. The van der Waals surface area contributed by atoms with Crippen molar-refractivity contribution in [1.29, 1.82) is 0 Å². The number of hydrogen-bond donors (Lipinski definition) is 1. The first kappa shape index (κ1) is 18.1. The number of hydrogen-bond acceptors (Lipinski definition) is 6. The number of carbonyl (C=O) groups excluding carboxylic acids is 1. The molecule has 0 amide bonds. The third-order valence-corrected chi connectivity index (χ3v) is 4.40. The quantitative estimate of drug-likeness (QED) is 0.493. The fraction of sp³-hybridized carbons (Fsp3) is 0.0625. The van der Waals surface area contributed by atoms with E-state index in [1.54, 1.807) is 17.5 Å². The van der Waals surface area contributed by atoms with Gasteiger partial charge in [0, 0.05) is 17.1 Å². The Morgan fingerprint density at radius 2 is 2.00 bits per heavy atom. The molecule has 132 valence electrons. The first-order valence-corrected chi connectivity index (χ1v) is 8.22. The van der Waals surface area contributed by atoms with Crippen LogP contribution in [0.1, 0.15) is 5.56 Å². The van der Waals surface area contributed by atoms with Crippen LogP contribution in [0.3, 0.4) is 0 Å². The van der Waals surface area contributed by atoms with Gasteiger partial charge in [-0.25, -0.2) is 9.78 Å². The molecule has 0 saturated heterocycles. The maximum absolute atomic E-state index is 13.0. The number of pyridine rings is 1. The Kier molecular flexibility index (Phi) is 4.78. The minimum atomic E-state index is -4.68. The molecule has 0 saturated carbocycles. The second kappa shape index (κ2) is 6.87. The van der Waals surface area contributed by atoms with E-state index >= 15 is 0 Å². The molecule has 0 unspecified atom stereocenters. The van der Waals surface area contributed by atoms with Crippen LogP contribution in [0.5, 0.6) is 0 Å². The fourth-order valence-corrected chi connectivity index (χ4v) is 3.12. The highest BCUT2D eigenvalue weighted by atomic mass is 35.5. The summed E-state index contributed by atoms with van der Waals surface area (Å²) in [5, 5.41) is 1.55. The number of rotatable bonds is 3. The first-order valence-electron chi connectivity index (χ1n) is 6.96. The summed E-state index contributed by atoms with van der Waals surface area (Å²) in [5.41, 5.74) is 6.00. The molecule has 0 aliphatic heterocycles. The van der Waals surface area contributed by atoms with Crippen LogP contribution in [-0.4, -0.2) is 16.0 Å². The summed E-state index contributed by atoms with van der Waals surface area (Å²) < 4.78 is 39.1. The van der Waals surface area contributed by atoms with Crippen LogP contribution in [-0.2, 0) is 11.0 Å². The second-order valence-electron chi connectivity index (χ2n) is 5.05. The number of nitrogen functional groups attached to an aromatic ring is 1. The van der Waals surface area contributed by atoms with Crippen molar-refractivity contribution < 1.29 is 18.0 Å². The van der Waals surface area contributed by atoms with Gasteiger partial charge < -0.3 is 5.73 Å². The van der Waals surface area contributed by atoms with Gasteiger partial charge in [-0.3, -0.25) is 4.98 Å². The van der Waals surface area contributed by atoms with E-state index < -0.39 is 16.8 Å². The van der Waals surface area contributed by atoms with Crippen LogP contribution in [0, 0.1) is 0 Å². The molecule has 3 rings (SSSR count). The highest BCUT2D eigenvalue weighted by molar-refractivity contribution is 7.13. The van der Waals surface area contributed by atoms with Gasteiger partial charge in [0.25, 0.3) is 0 Å². The third-order valence-electron chi connectivity index (χ3n) is 3.41. The fourth-order valence-electron chi connectivity index (χ4n) is 2.30. The van der Waals surface area contributed by atoms with E-state index in [1.165, 1.54) is 23.6 Å². The number of halogens is 4. The summed E-state index contributed by atoms with van der Waals surface area (Å²) in [6.45, 7) is 0. The highest BCUT2D eigenvalue weighted by Gasteiger charge is 2.34. The van der Waals surface area contributed by atoms with Crippen molar-refractivity contribution in [2.45, 2.75) is 6.18 Å². The number of aromatic nitrogens is 2. The number of benzene rings is 1. The van der Waals surface area contributed by atoms with Gasteiger partial charge >= 0.3 is 6.18 Å². The lowest BCUT2D eigenvalue weighted by atomic mass is 10.0. The van der Waals surface area contributed by atoms with Crippen LogP contribution < -0.4 is 5.73 Å². The molecular weight excluding hydrogens is 389 g/mol. The Bertz CT molecular complexity index is 1030. The lowest BCUT2D eigenvalue weighted by Gasteiger charge is -2.13. The molecule has 2 aromatic heterocycles. The average Bonchev–Trinajstić information content (AvgIpc) is 3.02. The number of thiazole rings is 1. The van der Waals surface area contributed by atoms with Gasteiger partial charge in [-0.05, 0) is 29.8 Å². The second-order valence-corrected chi connectivity index (χ2v) is 6.35. The zero-order valence-electron chi connectivity index (χ0n) is 12.7. The smallest absolute Gasteiger partial charge is 0.375 e. The van der Waals surface area contributed by atoms with E-state index in [0.717, 1.165) is 6.07 Å².